The van der Waals surface area contributed by atoms with E-state index in [9.17, 15) is 14.9 Å². The third-order valence-corrected chi connectivity index (χ3v) is 4.27. The number of hydrogen-bond acceptors (Lipinski definition) is 6. The van der Waals surface area contributed by atoms with Gasteiger partial charge in [0.15, 0.2) is 11.5 Å². The monoisotopic (exact) mass is 387 g/mol. The van der Waals surface area contributed by atoms with Crippen LogP contribution in [-0.4, -0.2) is 43.5 Å². The number of non-ortho nitro benzene ring substituents is 1. The van der Waals surface area contributed by atoms with Gasteiger partial charge in [0, 0.05) is 44.4 Å². The molecule has 0 aromatic heterocycles. The van der Waals surface area contributed by atoms with Gasteiger partial charge >= 0.3 is 0 Å². The van der Waals surface area contributed by atoms with Crippen molar-refractivity contribution in [2.24, 2.45) is 0 Å². The molecule has 0 saturated carbocycles. The van der Waals surface area contributed by atoms with Crippen molar-refractivity contribution < 1.29 is 19.2 Å². The maximum Gasteiger partial charge on any atom is 0.269 e. The van der Waals surface area contributed by atoms with Crippen molar-refractivity contribution in [1.82, 2.24) is 4.90 Å². The zero-order valence-corrected chi connectivity index (χ0v) is 16.3. The van der Waals surface area contributed by atoms with Crippen molar-refractivity contribution in [1.29, 1.82) is 0 Å². The molecule has 2 rings (SSSR count). The highest BCUT2D eigenvalue weighted by Gasteiger charge is 2.11. The second-order valence-electron chi connectivity index (χ2n) is 6.27. The van der Waals surface area contributed by atoms with E-state index in [0.717, 1.165) is 11.3 Å². The molecule has 0 radical (unpaired) electrons. The number of carbonyl (C=O) groups excluding carboxylic acids is 1. The molecule has 2 aromatic carbocycles. The number of methoxy groups -OCH3 is 2. The molecule has 0 aliphatic heterocycles. The summed E-state index contributed by atoms with van der Waals surface area (Å²) in [6.07, 6.45) is 1.07. The Bertz CT molecular complexity index is 808. The van der Waals surface area contributed by atoms with Crippen molar-refractivity contribution in [2.45, 2.75) is 19.4 Å². The molecule has 0 aliphatic rings. The van der Waals surface area contributed by atoms with Crippen LogP contribution in [0.1, 0.15) is 18.4 Å². The summed E-state index contributed by atoms with van der Waals surface area (Å²) in [4.78, 5) is 24.2. The molecule has 0 bridgehead atoms. The van der Waals surface area contributed by atoms with Crippen molar-refractivity contribution in [2.75, 3.05) is 33.1 Å². The topological polar surface area (TPSA) is 93.9 Å². The third-order valence-electron chi connectivity index (χ3n) is 4.27. The van der Waals surface area contributed by atoms with Crippen molar-refractivity contribution in [3.63, 3.8) is 0 Å². The van der Waals surface area contributed by atoms with E-state index in [-0.39, 0.29) is 11.6 Å². The Kier molecular flexibility index (Phi) is 7.62. The van der Waals surface area contributed by atoms with Crippen LogP contribution in [0.2, 0.25) is 0 Å². The molecule has 0 saturated heterocycles. The standard InChI is InChI=1S/C20H25N3O5/c1-22(14-15-6-11-18(27-2)19(13-15)28-3)20(24)5-4-12-21-16-7-9-17(10-8-16)23(25)26/h6-11,13,21H,4-5,12,14H2,1-3H3. The van der Waals surface area contributed by atoms with Crippen LogP contribution in [0.15, 0.2) is 42.5 Å². The molecule has 1 N–H and O–H groups in total. The van der Waals surface area contributed by atoms with E-state index in [4.69, 9.17) is 9.47 Å². The molecule has 150 valence electrons. The highest BCUT2D eigenvalue weighted by atomic mass is 16.6. The number of nitrogens with zero attached hydrogens (tertiary/aromatic N) is 2. The van der Waals surface area contributed by atoms with Crippen LogP contribution in [0, 0.1) is 10.1 Å². The van der Waals surface area contributed by atoms with E-state index in [0.29, 0.717) is 37.4 Å². The van der Waals surface area contributed by atoms with Gasteiger partial charge < -0.3 is 19.7 Å². The molecule has 0 spiro atoms. The molecule has 0 atom stereocenters. The van der Waals surface area contributed by atoms with Gasteiger partial charge in [-0.2, -0.15) is 0 Å². The molecule has 28 heavy (non-hydrogen) atoms. The van der Waals surface area contributed by atoms with Crippen LogP contribution in [-0.2, 0) is 11.3 Å². The Labute approximate surface area is 164 Å². The SMILES string of the molecule is COc1ccc(CN(C)C(=O)CCCNc2ccc([N+](=O)[O-])cc2)cc1OC. The predicted octanol–water partition coefficient (Wildman–Crippen LogP) is 3.46. The largest absolute Gasteiger partial charge is 0.493 e. The highest BCUT2D eigenvalue weighted by Crippen LogP contribution is 2.28. The summed E-state index contributed by atoms with van der Waals surface area (Å²) in [5.74, 6) is 1.32. The molecule has 0 aliphatic carbocycles. The van der Waals surface area contributed by atoms with Crippen LogP contribution in [0.5, 0.6) is 11.5 Å². The fourth-order valence-electron chi connectivity index (χ4n) is 2.71. The zero-order chi connectivity index (χ0) is 20.5. The number of ether oxygens (including phenoxy) is 2. The van der Waals surface area contributed by atoms with Crippen LogP contribution in [0.25, 0.3) is 0 Å². The Hall–Kier alpha value is -3.29. The normalized spacial score (nSPS) is 10.2. The average molecular weight is 387 g/mol. The lowest BCUT2D eigenvalue weighted by molar-refractivity contribution is -0.384. The first-order chi connectivity index (χ1) is 13.4. The van der Waals surface area contributed by atoms with Gasteiger partial charge in [-0.15, -0.1) is 0 Å². The second kappa shape index (κ2) is 10.1. The molecule has 2 aromatic rings. The van der Waals surface area contributed by atoms with Crippen molar-refractivity contribution in [3.05, 3.63) is 58.1 Å². The maximum absolute atomic E-state index is 12.3. The van der Waals surface area contributed by atoms with Gasteiger partial charge in [-0.05, 0) is 36.2 Å². The lowest BCUT2D eigenvalue weighted by atomic mass is 10.1. The van der Waals surface area contributed by atoms with Crippen LogP contribution >= 0.6 is 0 Å². The van der Waals surface area contributed by atoms with Crippen LogP contribution < -0.4 is 14.8 Å². The number of benzene rings is 2. The summed E-state index contributed by atoms with van der Waals surface area (Å²) in [7, 11) is 4.93. The number of nitrogens with one attached hydrogen (secondary N) is 1. The minimum atomic E-state index is -0.434. The minimum absolute atomic E-state index is 0.0419. The molecule has 0 heterocycles. The lowest BCUT2D eigenvalue weighted by Gasteiger charge is -2.18. The van der Waals surface area contributed by atoms with E-state index in [1.54, 1.807) is 38.3 Å². The predicted molar refractivity (Wildman–Crippen MR) is 107 cm³/mol. The van der Waals surface area contributed by atoms with E-state index < -0.39 is 4.92 Å². The molecule has 1 amide bonds. The van der Waals surface area contributed by atoms with Crippen molar-refractivity contribution >= 4 is 17.3 Å². The number of anilines is 1. The molecule has 0 unspecified atom stereocenters. The Morgan fingerprint density at radius 3 is 2.39 bits per heavy atom. The first kappa shape index (κ1) is 21.0. The summed E-state index contributed by atoms with van der Waals surface area (Å²) in [6, 6.07) is 11.8. The second-order valence-corrected chi connectivity index (χ2v) is 6.27. The summed E-state index contributed by atoms with van der Waals surface area (Å²) in [5.41, 5.74) is 1.80. The van der Waals surface area contributed by atoms with Gasteiger partial charge in [0.25, 0.3) is 5.69 Å². The Morgan fingerprint density at radius 1 is 1.11 bits per heavy atom. The fourth-order valence-corrected chi connectivity index (χ4v) is 2.71. The number of rotatable bonds is 10. The van der Waals surface area contributed by atoms with Crippen LogP contribution in [0.4, 0.5) is 11.4 Å². The number of nitro groups is 1. The molecule has 0 fully saturated rings. The quantitative estimate of drug-likeness (QED) is 0.381. The van der Waals surface area contributed by atoms with E-state index in [1.807, 2.05) is 18.2 Å². The molecular weight excluding hydrogens is 362 g/mol. The molecule has 8 heteroatoms. The zero-order valence-electron chi connectivity index (χ0n) is 16.3. The first-order valence-corrected chi connectivity index (χ1v) is 8.87. The first-order valence-electron chi connectivity index (χ1n) is 8.87. The summed E-state index contributed by atoms with van der Waals surface area (Å²) >= 11 is 0. The van der Waals surface area contributed by atoms with Gasteiger partial charge in [-0.3, -0.25) is 14.9 Å². The summed E-state index contributed by atoms with van der Waals surface area (Å²) < 4.78 is 10.5. The van der Waals surface area contributed by atoms with Crippen molar-refractivity contribution in [3.8, 4) is 11.5 Å². The van der Waals surface area contributed by atoms with E-state index >= 15 is 0 Å². The number of hydrogen-bond donors (Lipinski definition) is 1. The minimum Gasteiger partial charge on any atom is -0.493 e. The average Bonchev–Trinajstić information content (AvgIpc) is 2.71. The fraction of sp³-hybridized carbons (Fsp3) is 0.350. The van der Waals surface area contributed by atoms with Gasteiger partial charge in [-0.1, -0.05) is 6.07 Å². The maximum atomic E-state index is 12.3. The van der Waals surface area contributed by atoms with E-state index in [2.05, 4.69) is 5.32 Å². The van der Waals surface area contributed by atoms with Gasteiger partial charge in [0.05, 0.1) is 19.1 Å². The third kappa shape index (κ3) is 5.87. The highest BCUT2D eigenvalue weighted by molar-refractivity contribution is 5.75. The Balaban J connectivity index is 1.77. The molecule has 8 nitrogen and oxygen atoms in total. The summed E-state index contributed by atoms with van der Waals surface area (Å²) in [5, 5.41) is 13.8. The number of nitro benzene ring substituents is 1. The van der Waals surface area contributed by atoms with Crippen LogP contribution in [0.3, 0.4) is 0 Å². The van der Waals surface area contributed by atoms with Gasteiger partial charge in [0.1, 0.15) is 0 Å². The van der Waals surface area contributed by atoms with Gasteiger partial charge in [-0.25, -0.2) is 0 Å². The summed E-state index contributed by atoms with van der Waals surface area (Å²) in [6.45, 7) is 1.09. The number of amides is 1. The molecular formula is C20H25N3O5. The Morgan fingerprint density at radius 2 is 1.79 bits per heavy atom. The number of carbonyl (C=O) groups is 1. The smallest absolute Gasteiger partial charge is 0.269 e. The van der Waals surface area contributed by atoms with Gasteiger partial charge in [0.2, 0.25) is 5.91 Å². The van der Waals surface area contributed by atoms with E-state index in [1.165, 1.54) is 12.1 Å². The lowest BCUT2D eigenvalue weighted by Crippen LogP contribution is -2.26.